The number of halogens is 1. The number of benzene rings is 2. The summed E-state index contributed by atoms with van der Waals surface area (Å²) >= 11 is 1.45. The zero-order chi connectivity index (χ0) is 16.5. The van der Waals surface area contributed by atoms with Crippen LogP contribution in [0.5, 0.6) is 0 Å². The lowest BCUT2D eigenvalue weighted by Crippen LogP contribution is -2.29. The van der Waals surface area contributed by atoms with Gasteiger partial charge in [0.1, 0.15) is 5.82 Å². The van der Waals surface area contributed by atoms with E-state index in [1.165, 1.54) is 23.5 Å². The number of carbonyl (C=O) groups excluding carboxylic acids is 1. The summed E-state index contributed by atoms with van der Waals surface area (Å²) in [5, 5.41) is 3.49. The maximum absolute atomic E-state index is 13.1. The van der Waals surface area contributed by atoms with Crippen molar-refractivity contribution < 1.29 is 9.18 Å². The van der Waals surface area contributed by atoms with Gasteiger partial charge < -0.3 is 5.32 Å². The summed E-state index contributed by atoms with van der Waals surface area (Å²) in [4.78, 5) is 17.1. The standard InChI is InChI=1S/C17H15FN4OS/c18-11-7-5-10(6-8-11)15-12(9-19-22-15)16(23)21-17-20-13-3-1-2-4-14(13)24-17/h1-8,12,15,19,22H,9H2,(H,20,21,23). The van der Waals surface area contributed by atoms with Crippen molar-refractivity contribution in [1.82, 2.24) is 15.8 Å². The van der Waals surface area contributed by atoms with Crippen molar-refractivity contribution in [3.05, 3.63) is 59.9 Å². The van der Waals surface area contributed by atoms with Crippen LogP contribution in [0.4, 0.5) is 9.52 Å². The zero-order valence-electron chi connectivity index (χ0n) is 12.6. The fourth-order valence-electron chi connectivity index (χ4n) is 2.85. The molecule has 4 rings (SSSR count). The summed E-state index contributed by atoms with van der Waals surface area (Å²) in [6.07, 6.45) is 0. The number of aromatic nitrogens is 1. The van der Waals surface area contributed by atoms with Crippen molar-refractivity contribution in [2.75, 3.05) is 11.9 Å². The first-order valence-electron chi connectivity index (χ1n) is 7.61. The molecule has 1 aromatic heterocycles. The Bertz CT molecular complexity index is 847. The molecule has 1 aliphatic rings. The highest BCUT2D eigenvalue weighted by molar-refractivity contribution is 7.22. The van der Waals surface area contributed by atoms with Crippen molar-refractivity contribution in [2.24, 2.45) is 5.92 Å². The lowest BCUT2D eigenvalue weighted by Gasteiger charge is -2.17. The molecule has 0 saturated carbocycles. The first-order valence-corrected chi connectivity index (χ1v) is 8.42. The Morgan fingerprint density at radius 1 is 1.21 bits per heavy atom. The van der Waals surface area contributed by atoms with Crippen molar-refractivity contribution >= 4 is 32.6 Å². The Labute approximate surface area is 141 Å². The number of thiazole rings is 1. The molecule has 3 N–H and O–H groups in total. The van der Waals surface area contributed by atoms with Crippen molar-refractivity contribution in [1.29, 1.82) is 0 Å². The number of hydrazine groups is 1. The normalized spacial score (nSPS) is 20.4. The van der Waals surface area contributed by atoms with Crippen molar-refractivity contribution in [3.63, 3.8) is 0 Å². The molecule has 0 radical (unpaired) electrons. The Hall–Kier alpha value is -2.35. The molecule has 7 heteroatoms. The topological polar surface area (TPSA) is 66.0 Å². The van der Waals surface area contributed by atoms with Crippen LogP contribution >= 0.6 is 11.3 Å². The number of carbonyl (C=O) groups is 1. The Balaban J connectivity index is 1.53. The van der Waals surface area contributed by atoms with Crippen LogP contribution in [0.3, 0.4) is 0 Å². The summed E-state index contributed by atoms with van der Waals surface area (Å²) in [6.45, 7) is 0.499. The van der Waals surface area contributed by atoms with Crippen LogP contribution in [0.2, 0.25) is 0 Å². The van der Waals surface area contributed by atoms with E-state index in [2.05, 4.69) is 21.2 Å². The van der Waals surface area contributed by atoms with Crippen LogP contribution in [-0.4, -0.2) is 17.4 Å². The summed E-state index contributed by atoms with van der Waals surface area (Å²) in [5.74, 6) is -0.705. The molecule has 3 aromatic rings. The highest BCUT2D eigenvalue weighted by Gasteiger charge is 2.34. The van der Waals surface area contributed by atoms with Crippen LogP contribution in [0.25, 0.3) is 10.2 Å². The van der Waals surface area contributed by atoms with Crippen molar-refractivity contribution in [2.45, 2.75) is 6.04 Å². The fraction of sp³-hybridized carbons (Fsp3) is 0.176. The van der Waals surface area contributed by atoms with Crippen LogP contribution in [0.15, 0.2) is 48.5 Å². The second-order valence-corrected chi connectivity index (χ2v) is 6.67. The number of hydrogen-bond donors (Lipinski definition) is 3. The number of nitrogens with one attached hydrogen (secondary N) is 3. The predicted molar refractivity (Wildman–Crippen MR) is 92.0 cm³/mol. The van der Waals surface area contributed by atoms with E-state index in [1.54, 1.807) is 12.1 Å². The van der Waals surface area contributed by atoms with Crippen LogP contribution in [0.1, 0.15) is 11.6 Å². The van der Waals surface area contributed by atoms with Gasteiger partial charge in [0.2, 0.25) is 5.91 Å². The molecule has 24 heavy (non-hydrogen) atoms. The molecule has 0 bridgehead atoms. The van der Waals surface area contributed by atoms with Gasteiger partial charge in [-0.3, -0.25) is 10.2 Å². The molecule has 2 aromatic carbocycles. The third-order valence-electron chi connectivity index (χ3n) is 4.07. The van der Waals surface area contributed by atoms with E-state index in [-0.39, 0.29) is 23.7 Å². The number of para-hydroxylation sites is 1. The predicted octanol–water partition coefficient (Wildman–Crippen LogP) is 2.84. The van der Waals surface area contributed by atoms with E-state index in [0.29, 0.717) is 11.7 Å². The molecule has 1 saturated heterocycles. The van der Waals surface area contributed by atoms with E-state index in [9.17, 15) is 9.18 Å². The SMILES string of the molecule is O=C(Nc1nc2ccccc2s1)C1CNNC1c1ccc(F)cc1. The maximum Gasteiger partial charge on any atom is 0.232 e. The summed E-state index contributed by atoms with van der Waals surface area (Å²) in [7, 11) is 0. The van der Waals surface area contributed by atoms with Gasteiger partial charge in [0, 0.05) is 6.54 Å². The molecule has 2 heterocycles. The van der Waals surface area contributed by atoms with Gasteiger partial charge >= 0.3 is 0 Å². The van der Waals surface area contributed by atoms with Crippen LogP contribution < -0.4 is 16.2 Å². The minimum absolute atomic E-state index is 0.110. The Morgan fingerprint density at radius 3 is 2.79 bits per heavy atom. The number of anilines is 1. The second kappa shape index (κ2) is 6.27. The van der Waals surface area contributed by atoms with E-state index in [0.717, 1.165) is 15.8 Å². The number of hydrogen-bond acceptors (Lipinski definition) is 5. The summed E-state index contributed by atoms with van der Waals surface area (Å²) in [5.41, 5.74) is 7.83. The van der Waals surface area contributed by atoms with Gasteiger partial charge in [0.15, 0.2) is 5.13 Å². The lowest BCUT2D eigenvalue weighted by molar-refractivity contribution is -0.119. The zero-order valence-corrected chi connectivity index (χ0v) is 13.4. The molecule has 2 atom stereocenters. The molecule has 1 fully saturated rings. The van der Waals surface area contributed by atoms with E-state index in [4.69, 9.17) is 0 Å². The van der Waals surface area contributed by atoms with Gasteiger partial charge in [-0.2, -0.15) is 0 Å². The molecule has 1 aliphatic heterocycles. The first-order chi connectivity index (χ1) is 11.7. The quantitative estimate of drug-likeness (QED) is 0.685. The summed E-state index contributed by atoms with van der Waals surface area (Å²) < 4.78 is 14.1. The van der Waals surface area contributed by atoms with Crippen LogP contribution in [-0.2, 0) is 4.79 Å². The number of amides is 1. The monoisotopic (exact) mass is 342 g/mol. The number of fused-ring (bicyclic) bond motifs is 1. The average molecular weight is 342 g/mol. The minimum Gasteiger partial charge on any atom is -0.302 e. The maximum atomic E-state index is 13.1. The molecule has 0 spiro atoms. The number of nitrogens with zero attached hydrogens (tertiary/aromatic N) is 1. The van der Waals surface area contributed by atoms with Gasteiger partial charge in [-0.25, -0.2) is 14.8 Å². The molecule has 0 aliphatic carbocycles. The van der Waals surface area contributed by atoms with E-state index in [1.807, 2.05) is 24.3 Å². The second-order valence-electron chi connectivity index (χ2n) is 5.64. The molecular weight excluding hydrogens is 327 g/mol. The Morgan fingerprint density at radius 2 is 2.00 bits per heavy atom. The van der Waals surface area contributed by atoms with E-state index >= 15 is 0 Å². The summed E-state index contributed by atoms with van der Waals surface area (Å²) in [6, 6.07) is 13.7. The molecule has 5 nitrogen and oxygen atoms in total. The highest BCUT2D eigenvalue weighted by atomic mass is 32.1. The van der Waals surface area contributed by atoms with Crippen molar-refractivity contribution in [3.8, 4) is 0 Å². The highest BCUT2D eigenvalue weighted by Crippen LogP contribution is 2.29. The Kier molecular flexibility index (Phi) is 3.97. The van der Waals surface area contributed by atoms with Gasteiger partial charge in [-0.15, -0.1) is 0 Å². The lowest BCUT2D eigenvalue weighted by atomic mass is 9.94. The smallest absolute Gasteiger partial charge is 0.232 e. The van der Waals surface area contributed by atoms with Gasteiger partial charge in [0.25, 0.3) is 0 Å². The van der Waals surface area contributed by atoms with Crippen LogP contribution in [0, 0.1) is 11.7 Å². The van der Waals surface area contributed by atoms with Gasteiger partial charge in [-0.1, -0.05) is 35.6 Å². The average Bonchev–Trinajstić information content (AvgIpc) is 3.21. The fourth-order valence-corrected chi connectivity index (χ4v) is 3.72. The van der Waals surface area contributed by atoms with Gasteiger partial charge in [0.05, 0.1) is 22.2 Å². The first kappa shape index (κ1) is 15.2. The van der Waals surface area contributed by atoms with Gasteiger partial charge in [-0.05, 0) is 29.8 Å². The molecule has 2 unspecified atom stereocenters. The molecule has 1 amide bonds. The third-order valence-corrected chi connectivity index (χ3v) is 5.02. The van der Waals surface area contributed by atoms with E-state index < -0.39 is 0 Å². The minimum atomic E-state index is -0.303. The third kappa shape index (κ3) is 2.89. The number of rotatable bonds is 3. The molecule has 122 valence electrons. The largest absolute Gasteiger partial charge is 0.302 e. The molecular formula is C17H15FN4OS.